The van der Waals surface area contributed by atoms with E-state index in [1.165, 1.54) is 6.92 Å². The molecule has 0 aromatic heterocycles. The SMILES string of the molecule is CC(=O)C1CC1(N)C(=O)O. The second-order valence-corrected chi connectivity index (χ2v) is 2.71. The predicted octanol–water partition coefficient (Wildman–Crippen LogP) is -0.623. The van der Waals surface area contributed by atoms with Crippen LogP contribution in [0.2, 0.25) is 0 Å². The van der Waals surface area contributed by atoms with Crippen molar-refractivity contribution in [3.8, 4) is 0 Å². The largest absolute Gasteiger partial charge is 0.480 e. The molecule has 56 valence electrons. The second kappa shape index (κ2) is 1.79. The third-order valence-electron chi connectivity index (χ3n) is 1.89. The Hall–Kier alpha value is -0.900. The summed E-state index contributed by atoms with van der Waals surface area (Å²) >= 11 is 0. The summed E-state index contributed by atoms with van der Waals surface area (Å²) in [4.78, 5) is 20.9. The van der Waals surface area contributed by atoms with Crippen LogP contribution in [0.1, 0.15) is 13.3 Å². The smallest absolute Gasteiger partial charge is 0.324 e. The molecule has 4 heteroatoms. The van der Waals surface area contributed by atoms with Gasteiger partial charge in [-0.2, -0.15) is 0 Å². The summed E-state index contributed by atoms with van der Waals surface area (Å²) in [6, 6.07) is 0. The number of hydrogen-bond donors (Lipinski definition) is 2. The fraction of sp³-hybridized carbons (Fsp3) is 0.667. The zero-order valence-electron chi connectivity index (χ0n) is 5.63. The minimum atomic E-state index is -1.24. The zero-order chi connectivity index (χ0) is 7.94. The number of carboxylic acids is 1. The quantitative estimate of drug-likeness (QED) is 0.539. The standard InChI is InChI=1S/C6H9NO3/c1-3(8)4-2-6(4,7)5(9)10/h4H,2,7H2,1H3,(H,9,10). The lowest BCUT2D eigenvalue weighted by Gasteiger charge is -2.00. The van der Waals surface area contributed by atoms with Crippen molar-refractivity contribution in [1.82, 2.24) is 0 Å². The van der Waals surface area contributed by atoms with E-state index in [0.717, 1.165) is 0 Å². The number of carbonyl (C=O) groups is 2. The van der Waals surface area contributed by atoms with Gasteiger partial charge >= 0.3 is 5.97 Å². The summed E-state index contributed by atoms with van der Waals surface area (Å²) in [7, 11) is 0. The number of carbonyl (C=O) groups excluding carboxylic acids is 1. The maximum Gasteiger partial charge on any atom is 0.324 e. The summed E-state index contributed by atoms with van der Waals surface area (Å²) in [6.45, 7) is 1.36. The van der Waals surface area contributed by atoms with Crippen molar-refractivity contribution < 1.29 is 14.7 Å². The molecule has 4 nitrogen and oxygen atoms in total. The van der Waals surface area contributed by atoms with Gasteiger partial charge in [-0.3, -0.25) is 9.59 Å². The van der Waals surface area contributed by atoms with E-state index in [2.05, 4.69) is 0 Å². The highest BCUT2D eigenvalue weighted by atomic mass is 16.4. The molecule has 0 aromatic carbocycles. The van der Waals surface area contributed by atoms with Crippen LogP contribution in [0, 0.1) is 5.92 Å². The van der Waals surface area contributed by atoms with Crippen molar-refractivity contribution in [1.29, 1.82) is 0 Å². The van der Waals surface area contributed by atoms with E-state index in [4.69, 9.17) is 10.8 Å². The number of aliphatic carboxylic acids is 1. The third-order valence-corrected chi connectivity index (χ3v) is 1.89. The summed E-state index contributed by atoms with van der Waals surface area (Å²) in [5.74, 6) is -1.66. The number of hydrogen-bond acceptors (Lipinski definition) is 3. The van der Waals surface area contributed by atoms with Crippen LogP contribution in [0.3, 0.4) is 0 Å². The first-order valence-electron chi connectivity index (χ1n) is 3.01. The van der Waals surface area contributed by atoms with Crippen molar-refractivity contribution in [2.45, 2.75) is 18.9 Å². The Labute approximate surface area is 58.0 Å². The van der Waals surface area contributed by atoms with E-state index < -0.39 is 17.4 Å². The maximum atomic E-state index is 10.6. The predicted molar refractivity (Wildman–Crippen MR) is 33.3 cm³/mol. The van der Waals surface area contributed by atoms with Gasteiger partial charge in [-0.15, -0.1) is 0 Å². The minimum absolute atomic E-state index is 0.134. The molecule has 1 fully saturated rings. The fourth-order valence-electron chi connectivity index (χ4n) is 1.02. The summed E-state index contributed by atoms with van der Waals surface area (Å²) in [5.41, 5.74) is 4.07. The molecule has 1 rings (SSSR count). The number of nitrogens with two attached hydrogens (primary N) is 1. The molecule has 2 unspecified atom stereocenters. The van der Waals surface area contributed by atoms with Crippen molar-refractivity contribution in [3.05, 3.63) is 0 Å². The average Bonchev–Trinajstić information content (AvgIpc) is 2.43. The molecule has 0 radical (unpaired) electrons. The maximum absolute atomic E-state index is 10.6. The molecule has 0 heterocycles. The Bertz CT molecular complexity index is 201. The Morgan fingerprint density at radius 2 is 2.20 bits per heavy atom. The summed E-state index contributed by atoms with van der Waals surface area (Å²) < 4.78 is 0. The summed E-state index contributed by atoms with van der Waals surface area (Å²) in [6.07, 6.45) is 0.289. The molecule has 0 bridgehead atoms. The van der Waals surface area contributed by atoms with Gasteiger partial charge in [0.05, 0.1) is 0 Å². The van der Waals surface area contributed by atoms with Gasteiger partial charge in [0.25, 0.3) is 0 Å². The second-order valence-electron chi connectivity index (χ2n) is 2.71. The van der Waals surface area contributed by atoms with Crippen LogP contribution in [0.15, 0.2) is 0 Å². The fourth-order valence-corrected chi connectivity index (χ4v) is 1.02. The average molecular weight is 143 g/mol. The monoisotopic (exact) mass is 143 g/mol. The molecule has 3 N–H and O–H groups in total. The number of rotatable bonds is 2. The molecule has 1 aliphatic rings. The highest BCUT2D eigenvalue weighted by Gasteiger charge is 2.60. The lowest BCUT2D eigenvalue weighted by molar-refractivity contribution is -0.141. The highest BCUT2D eigenvalue weighted by Crippen LogP contribution is 2.41. The number of carboxylic acid groups (broad SMARTS) is 1. The normalized spacial score (nSPS) is 37.2. The van der Waals surface area contributed by atoms with E-state index in [1.807, 2.05) is 0 Å². The highest BCUT2D eigenvalue weighted by molar-refractivity contribution is 5.95. The van der Waals surface area contributed by atoms with Crippen LogP contribution < -0.4 is 5.73 Å². The molecule has 0 amide bonds. The van der Waals surface area contributed by atoms with Crippen LogP contribution in [0.25, 0.3) is 0 Å². The zero-order valence-corrected chi connectivity index (χ0v) is 5.63. The Morgan fingerprint density at radius 3 is 2.30 bits per heavy atom. The lowest BCUT2D eigenvalue weighted by Crippen LogP contribution is -2.36. The first kappa shape index (κ1) is 7.21. The molecular weight excluding hydrogens is 134 g/mol. The third kappa shape index (κ3) is 0.806. The first-order chi connectivity index (χ1) is 4.48. The van der Waals surface area contributed by atoms with E-state index in [-0.39, 0.29) is 12.2 Å². The van der Waals surface area contributed by atoms with E-state index in [9.17, 15) is 9.59 Å². The van der Waals surface area contributed by atoms with Crippen LogP contribution >= 0.6 is 0 Å². The van der Waals surface area contributed by atoms with Crippen LogP contribution in [0.4, 0.5) is 0 Å². The topological polar surface area (TPSA) is 80.4 Å². The number of Topliss-reactive ketones (excluding diaryl/α,β-unsaturated/α-hetero) is 1. The van der Waals surface area contributed by atoms with Crippen molar-refractivity contribution in [3.63, 3.8) is 0 Å². The van der Waals surface area contributed by atoms with Crippen molar-refractivity contribution >= 4 is 11.8 Å². The van der Waals surface area contributed by atoms with Gasteiger partial charge in [0.15, 0.2) is 0 Å². The molecule has 0 spiro atoms. The lowest BCUT2D eigenvalue weighted by atomic mass is 10.2. The van der Waals surface area contributed by atoms with E-state index >= 15 is 0 Å². The van der Waals surface area contributed by atoms with Gasteiger partial charge in [-0.1, -0.05) is 0 Å². The van der Waals surface area contributed by atoms with Gasteiger partial charge in [-0.25, -0.2) is 0 Å². The van der Waals surface area contributed by atoms with Gasteiger partial charge < -0.3 is 10.8 Å². The van der Waals surface area contributed by atoms with Gasteiger partial charge in [-0.05, 0) is 13.3 Å². The van der Waals surface area contributed by atoms with Crippen LogP contribution in [-0.4, -0.2) is 22.4 Å². The van der Waals surface area contributed by atoms with Gasteiger partial charge in [0, 0.05) is 5.92 Å². The molecule has 0 aromatic rings. The molecular formula is C6H9NO3. The summed E-state index contributed by atoms with van der Waals surface area (Å²) in [5, 5.41) is 8.45. The van der Waals surface area contributed by atoms with Crippen molar-refractivity contribution in [2.75, 3.05) is 0 Å². The van der Waals surface area contributed by atoms with Crippen LogP contribution in [0.5, 0.6) is 0 Å². The first-order valence-corrected chi connectivity index (χ1v) is 3.01. The molecule has 1 saturated carbocycles. The van der Waals surface area contributed by atoms with Gasteiger partial charge in [0.2, 0.25) is 0 Å². The Morgan fingerprint density at radius 1 is 1.70 bits per heavy atom. The minimum Gasteiger partial charge on any atom is -0.480 e. The Kier molecular flexibility index (Phi) is 1.29. The van der Waals surface area contributed by atoms with E-state index in [1.54, 1.807) is 0 Å². The van der Waals surface area contributed by atoms with Gasteiger partial charge in [0.1, 0.15) is 11.3 Å². The molecule has 0 aliphatic heterocycles. The van der Waals surface area contributed by atoms with Crippen molar-refractivity contribution in [2.24, 2.45) is 11.7 Å². The molecule has 10 heavy (non-hydrogen) atoms. The number of ketones is 1. The molecule has 2 atom stereocenters. The van der Waals surface area contributed by atoms with E-state index in [0.29, 0.717) is 0 Å². The Balaban J connectivity index is 2.65. The molecule has 1 aliphatic carbocycles. The molecule has 0 saturated heterocycles. The van der Waals surface area contributed by atoms with Crippen LogP contribution in [-0.2, 0) is 9.59 Å².